The normalized spacial score (nSPS) is 19.3. The molecule has 0 amide bonds. The van der Waals surface area contributed by atoms with E-state index in [1.54, 1.807) is 12.1 Å². The molecule has 0 unspecified atom stereocenters. The van der Waals surface area contributed by atoms with Gasteiger partial charge < -0.3 is 16.2 Å². The molecule has 2 rings (SSSR count). The molecule has 1 aromatic carbocycles. The minimum absolute atomic E-state index is 0.0496. The monoisotopic (exact) mass is 189 g/mol. The Morgan fingerprint density at radius 2 is 2.29 bits per heavy atom. The summed E-state index contributed by atoms with van der Waals surface area (Å²) in [4.78, 5) is 0. The molecular formula is C10H11N3O. The molecule has 0 bridgehead atoms. The number of nitrogens with two attached hydrogens (primary N) is 2. The van der Waals surface area contributed by atoms with Crippen molar-refractivity contribution in [2.45, 2.75) is 12.5 Å². The van der Waals surface area contributed by atoms with E-state index in [0.717, 1.165) is 12.0 Å². The lowest BCUT2D eigenvalue weighted by Gasteiger charge is -2.23. The van der Waals surface area contributed by atoms with Crippen molar-refractivity contribution < 1.29 is 4.74 Å². The number of nitriles is 1. The van der Waals surface area contributed by atoms with E-state index in [-0.39, 0.29) is 6.04 Å². The molecular weight excluding hydrogens is 178 g/mol. The van der Waals surface area contributed by atoms with Crippen molar-refractivity contribution in [3.63, 3.8) is 0 Å². The number of anilines is 1. The van der Waals surface area contributed by atoms with E-state index in [4.69, 9.17) is 21.5 Å². The number of nitrogen functional groups attached to an aromatic ring is 1. The number of fused-ring (bicyclic) bond motifs is 1. The van der Waals surface area contributed by atoms with Crippen LogP contribution in [-0.4, -0.2) is 6.61 Å². The topological polar surface area (TPSA) is 85.1 Å². The maximum absolute atomic E-state index is 8.79. The summed E-state index contributed by atoms with van der Waals surface area (Å²) in [6.07, 6.45) is 0.780. The highest BCUT2D eigenvalue weighted by molar-refractivity contribution is 5.60. The molecule has 0 saturated carbocycles. The van der Waals surface area contributed by atoms with Gasteiger partial charge in [-0.25, -0.2) is 0 Å². The van der Waals surface area contributed by atoms with Crippen LogP contribution >= 0.6 is 0 Å². The number of hydrogen-bond acceptors (Lipinski definition) is 4. The van der Waals surface area contributed by atoms with E-state index in [1.807, 2.05) is 6.07 Å². The molecule has 0 aromatic heterocycles. The molecule has 0 spiro atoms. The number of rotatable bonds is 0. The summed E-state index contributed by atoms with van der Waals surface area (Å²) in [5.74, 6) is 0.709. The second kappa shape index (κ2) is 3.20. The van der Waals surface area contributed by atoms with Gasteiger partial charge in [0.05, 0.1) is 17.9 Å². The average molecular weight is 189 g/mol. The van der Waals surface area contributed by atoms with E-state index >= 15 is 0 Å². The van der Waals surface area contributed by atoms with Crippen LogP contribution in [0.25, 0.3) is 0 Å². The quantitative estimate of drug-likeness (QED) is 0.594. The zero-order chi connectivity index (χ0) is 10.1. The fourth-order valence-corrected chi connectivity index (χ4v) is 1.58. The molecule has 0 fully saturated rings. The molecule has 1 heterocycles. The largest absolute Gasteiger partial charge is 0.493 e. The first-order valence-electron chi connectivity index (χ1n) is 4.44. The third-order valence-corrected chi connectivity index (χ3v) is 2.39. The summed E-state index contributed by atoms with van der Waals surface area (Å²) in [5, 5.41) is 8.79. The zero-order valence-electron chi connectivity index (χ0n) is 7.66. The van der Waals surface area contributed by atoms with Gasteiger partial charge in [-0.15, -0.1) is 0 Å². The minimum atomic E-state index is -0.0496. The standard InChI is InChI=1S/C10H11N3O/c11-5-6-3-7-8(12)1-2-14-10(7)4-9(6)13/h3-4,8H,1-2,12-13H2/t8-/m0/s1. The Morgan fingerprint density at radius 3 is 3.00 bits per heavy atom. The average Bonchev–Trinajstić information content (AvgIpc) is 2.17. The van der Waals surface area contributed by atoms with Gasteiger partial charge >= 0.3 is 0 Å². The van der Waals surface area contributed by atoms with Crippen LogP contribution < -0.4 is 16.2 Å². The van der Waals surface area contributed by atoms with E-state index in [0.29, 0.717) is 23.6 Å². The molecule has 1 aliphatic heterocycles. The summed E-state index contributed by atoms with van der Waals surface area (Å²) in [6.45, 7) is 0.611. The molecule has 4 heteroatoms. The van der Waals surface area contributed by atoms with Gasteiger partial charge in [0.25, 0.3) is 0 Å². The molecule has 1 atom stereocenters. The van der Waals surface area contributed by atoms with Crippen LogP contribution in [0.4, 0.5) is 5.69 Å². The van der Waals surface area contributed by atoms with E-state index in [2.05, 4.69) is 0 Å². The van der Waals surface area contributed by atoms with Gasteiger partial charge in [0, 0.05) is 24.1 Å². The fraction of sp³-hybridized carbons (Fsp3) is 0.300. The van der Waals surface area contributed by atoms with Crippen LogP contribution in [0, 0.1) is 11.3 Å². The van der Waals surface area contributed by atoms with Crippen LogP contribution in [-0.2, 0) is 0 Å². The van der Waals surface area contributed by atoms with Crippen molar-refractivity contribution in [3.8, 4) is 11.8 Å². The van der Waals surface area contributed by atoms with Gasteiger partial charge in [0.1, 0.15) is 11.8 Å². The second-order valence-corrected chi connectivity index (χ2v) is 3.33. The highest BCUT2D eigenvalue weighted by Crippen LogP contribution is 2.33. The summed E-state index contributed by atoms with van der Waals surface area (Å²) >= 11 is 0. The van der Waals surface area contributed by atoms with Gasteiger partial charge in [-0.05, 0) is 6.07 Å². The van der Waals surface area contributed by atoms with Gasteiger partial charge in [0.15, 0.2) is 0 Å². The van der Waals surface area contributed by atoms with E-state index < -0.39 is 0 Å². The first-order chi connectivity index (χ1) is 6.72. The van der Waals surface area contributed by atoms with Crippen molar-refractivity contribution in [1.82, 2.24) is 0 Å². The molecule has 0 radical (unpaired) electrons. The fourth-order valence-electron chi connectivity index (χ4n) is 1.58. The molecule has 1 aliphatic rings. The Bertz CT molecular complexity index is 409. The smallest absolute Gasteiger partial charge is 0.126 e. The van der Waals surface area contributed by atoms with Gasteiger partial charge in [-0.1, -0.05) is 0 Å². The van der Waals surface area contributed by atoms with Crippen LogP contribution in [0.3, 0.4) is 0 Å². The summed E-state index contributed by atoms with van der Waals surface area (Å²) < 4.78 is 5.40. The highest BCUT2D eigenvalue weighted by Gasteiger charge is 2.19. The molecule has 14 heavy (non-hydrogen) atoms. The summed E-state index contributed by atoms with van der Waals surface area (Å²) in [7, 11) is 0. The van der Waals surface area contributed by atoms with Crippen molar-refractivity contribution in [2.75, 3.05) is 12.3 Å². The summed E-state index contributed by atoms with van der Waals surface area (Å²) in [6, 6.07) is 5.37. The number of benzene rings is 1. The maximum atomic E-state index is 8.79. The Balaban J connectivity index is 2.56. The number of nitrogens with zero attached hydrogens (tertiary/aromatic N) is 1. The van der Waals surface area contributed by atoms with Crippen molar-refractivity contribution in [1.29, 1.82) is 5.26 Å². The lowest BCUT2D eigenvalue weighted by Crippen LogP contribution is -2.20. The van der Waals surface area contributed by atoms with E-state index in [9.17, 15) is 0 Å². The first kappa shape index (κ1) is 8.85. The third-order valence-electron chi connectivity index (χ3n) is 2.39. The Labute approximate surface area is 82.1 Å². The lowest BCUT2D eigenvalue weighted by atomic mass is 9.98. The molecule has 1 aromatic rings. The lowest BCUT2D eigenvalue weighted by molar-refractivity contribution is 0.269. The van der Waals surface area contributed by atoms with Crippen LogP contribution in [0.15, 0.2) is 12.1 Å². The van der Waals surface area contributed by atoms with Gasteiger partial charge in [0.2, 0.25) is 0 Å². The molecule has 0 saturated heterocycles. The van der Waals surface area contributed by atoms with Crippen molar-refractivity contribution in [2.24, 2.45) is 5.73 Å². The van der Waals surface area contributed by atoms with Gasteiger partial charge in [-0.3, -0.25) is 0 Å². The van der Waals surface area contributed by atoms with Crippen LogP contribution in [0.5, 0.6) is 5.75 Å². The number of ether oxygens (including phenoxy) is 1. The molecule has 4 nitrogen and oxygen atoms in total. The van der Waals surface area contributed by atoms with Crippen LogP contribution in [0.1, 0.15) is 23.6 Å². The van der Waals surface area contributed by atoms with Crippen molar-refractivity contribution in [3.05, 3.63) is 23.3 Å². The Kier molecular flexibility index (Phi) is 2.02. The third kappa shape index (κ3) is 1.28. The van der Waals surface area contributed by atoms with Gasteiger partial charge in [-0.2, -0.15) is 5.26 Å². The number of hydrogen-bond donors (Lipinski definition) is 2. The minimum Gasteiger partial charge on any atom is -0.493 e. The second-order valence-electron chi connectivity index (χ2n) is 3.33. The Morgan fingerprint density at radius 1 is 1.50 bits per heavy atom. The predicted octanol–water partition coefficient (Wildman–Crippen LogP) is 0.923. The van der Waals surface area contributed by atoms with Crippen LogP contribution in [0.2, 0.25) is 0 Å². The SMILES string of the molecule is N#Cc1cc2c(cc1N)OCC[C@@H]2N. The maximum Gasteiger partial charge on any atom is 0.126 e. The predicted molar refractivity (Wildman–Crippen MR) is 52.6 cm³/mol. The Hall–Kier alpha value is -1.73. The molecule has 72 valence electrons. The van der Waals surface area contributed by atoms with Crippen molar-refractivity contribution >= 4 is 5.69 Å². The summed E-state index contributed by atoms with van der Waals surface area (Å²) in [5.41, 5.74) is 13.3. The van der Waals surface area contributed by atoms with E-state index in [1.165, 1.54) is 0 Å². The molecule has 4 N–H and O–H groups in total. The highest BCUT2D eigenvalue weighted by atomic mass is 16.5. The zero-order valence-corrected chi connectivity index (χ0v) is 7.66. The first-order valence-corrected chi connectivity index (χ1v) is 4.44. The molecule has 0 aliphatic carbocycles.